The van der Waals surface area contributed by atoms with Crippen molar-refractivity contribution in [3.63, 3.8) is 0 Å². The molecule has 7 rings (SSSR count). The quantitative estimate of drug-likeness (QED) is 0.272. The van der Waals surface area contributed by atoms with Crippen molar-refractivity contribution in [1.82, 2.24) is 14.5 Å². The third-order valence-corrected chi connectivity index (χ3v) is 8.52. The van der Waals surface area contributed by atoms with Gasteiger partial charge in [-0.15, -0.1) is 0 Å². The largest absolute Gasteiger partial charge is 0.478 e. The van der Waals surface area contributed by atoms with Crippen LogP contribution in [0.4, 0.5) is 0 Å². The summed E-state index contributed by atoms with van der Waals surface area (Å²) in [6.45, 7) is 1.54. The molecule has 2 aromatic heterocycles. The summed E-state index contributed by atoms with van der Waals surface area (Å²) in [5.74, 6) is 0.320. The fraction of sp³-hybridized carbons (Fsp3) is 0.257. The van der Waals surface area contributed by atoms with Crippen LogP contribution in [-0.2, 0) is 30.7 Å². The molecular weight excluding hydrogens is 556 g/mol. The monoisotopic (exact) mass is 586 g/mol. The van der Waals surface area contributed by atoms with Gasteiger partial charge in [0.1, 0.15) is 12.4 Å². The standard InChI is InChI=1S/C35H30N4O5/c36-18-21-4-5-26-20-44-34-3-1-2-29(38-34)24-7-6-23(22(15-24)9-11-32(40)28(26)14-21)17-33-37-30-10-8-25(35(41)42)16-31(30)39(33)19-27-12-13-43-27/h1-8,10,14-16,27,32,40H,9,11-13,17,19-20H2,(H,41,42)/t27-,32?/m0/s1. The van der Waals surface area contributed by atoms with Crippen molar-refractivity contribution in [3.05, 3.63) is 112 Å². The summed E-state index contributed by atoms with van der Waals surface area (Å²) < 4.78 is 13.9. The molecule has 4 bridgehead atoms. The predicted molar refractivity (Wildman–Crippen MR) is 162 cm³/mol. The third kappa shape index (κ3) is 5.41. The average Bonchev–Trinajstić information content (AvgIpc) is 3.36. The van der Waals surface area contributed by atoms with Crippen LogP contribution < -0.4 is 4.74 Å². The summed E-state index contributed by atoms with van der Waals surface area (Å²) in [5, 5.41) is 30.5. The number of aliphatic hydroxyl groups is 1. The lowest BCUT2D eigenvalue weighted by Gasteiger charge is -2.27. The fourth-order valence-electron chi connectivity index (χ4n) is 6.00. The normalized spacial score (nSPS) is 17.6. The zero-order chi connectivity index (χ0) is 30.2. The lowest BCUT2D eigenvalue weighted by Crippen LogP contribution is -2.31. The highest BCUT2D eigenvalue weighted by atomic mass is 16.5. The molecule has 0 radical (unpaired) electrons. The Labute approximate surface area is 254 Å². The maximum atomic E-state index is 11.7. The maximum Gasteiger partial charge on any atom is 0.335 e. The van der Waals surface area contributed by atoms with E-state index in [0.29, 0.717) is 42.8 Å². The molecule has 4 heterocycles. The number of pyridine rings is 1. The van der Waals surface area contributed by atoms with Gasteiger partial charge in [0.25, 0.3) is 0 Å². The number of nitrogens with zero attached hydrogens (tertiary/aromatic N) is 4. The van der Waals surface area contributed by atoms with E-state index in [1.54, 1.807) is 30.3 Å². The van der Waals surface area contributed by atoms with E-state index in [1.807, 2.05) is 30.3 Å². The number of ether oxygens (including phenoxy) is 2. The first-order valence-electron chi connectivity index (χ1n) is 14.7. The number of fused-ring (bicyclic) bond motifs is 7. The van der Waals surface area contributed by atoms with E-state index in [4.69, 9.17) is 19.4 Å². The molecular formula is C35H30N4O5. The Morgan fingerprint density at radius 3 is 2.70 bits per heavy atom. The van der Waals surface area contributed by atoms with Gasteiger partial charge in [-0.2, -0.15) is 5.26 Å². The lowest BCUT2D eigenvalue weighted by molar-refractivity contribution is -0.0589. The molecule has 3 aromatic carbocycles. The van der Waals surface area contributed by atoms with Gasteiger partial charge in [0.05, 0.1) is 52.7 Å². The Balaban J connectivity index is 1.30. The molecule has 5 aromatic rings. The zero-order valence-electron chi connectivity index (χ0n) is 23.9. The number of benzene rings is 3. The SMILES string of the molecule is N#Cc1ccc2c(c1)C(O)CCc1cc(ccc1Cc1nc3ccc(C(=O)O)cc3n1C[C@@H]1CCO1)-c1cccc(n1)OC2. The summed E-state index contributed by atoms with van der Waals surface area (Å²) in [4.78, 5) is 21.4. The second-order valence-corrected chi connectivity index (χ2v) is 11.3. The van der Waals surface area contributed by atoms with Crippen LogP contribution in [0, 0.1) is 11.3 Å². The molecule has 2 N–H and O–H groups in total. The first-order valence-corrected chi connectivity index (χ1v) is 14.7. The molecule has 9 heteroatoms. The second-order valence-electron chi connectivity index (χ2n) is 11.3. The number of carboxylic acids is 1. The number of carbonyl (C=O) groups is 1. The van der Waals surface area contributed by atoms with Crippen molar-refractivity contribution in [3.8, 4) is 23.2 Å². The molecule has 0 saturated carbocycles. The van der Waals surface area contributed by atoms with Crippen molar-refractivity contribution < 1.29 is 24.5 Å². The molecule has 9 nitrogen and oxygen atoms in total. The highest BCUT2D eigenvalue weighted by molar-refractivity contribution is 5.92. The first kappa shape index (κ1) is 27.8. The van der Waals surface area contributed by atoms with Crippen molar-refractivity contribution in [2.45, 2.75) is 51.0 Å². The van der Waals surface area contributed by atoms with Gasteiger partial charge in [0.2, 0.25) is 5.88 Å². The predicted octanol–water partition coefficient (Wildman–Crippen LogP) is 5.61. The van der Waals surface area contributed by atoms with Gasteiger partial charge in [-0.05, 0) is 84.0 Å². The van der Waals surface area contributed by atoms with Crippen molar-refractivity contribution in [2.75, 3.05) is 6.61 Å². The van der Waals surface area contributed by atoms with Crippen LogP contribution in [0.3, 0.4) is 0 Å². The highest BCUT2D eigenvalue weighted by Crippen LogP contribution is 2.31. The van der Waals surface area contributed by atoms with Gasteiger partial charge in [-0.1, -0.05) is 24.3 Å². The van der Waals surface area contributed by atoms with E-state index in [1.165, 1.54) is 0 Å². The number of aromatic carboxylic acids is 1. The van der Waals surface area contributed by atoms with E-state index in [0.717, 1.165) is 57.8 Å². The smallest absolute Gasteiger partial charge is 0.335 e. The molecule has 0 amide bonds. The maximum absolute atomic E-state index is 11.7. The summed E-state index contributed by atoms with van der Waals surface area (Å²) in [7, 11) is 0. The van der Waals surface area contributed by atoms with Gasteiger partial charge in [-0.3, -0.25) is 0 Å². The van der Waals surface area contributed by atoms with Gasteiger partial charge in [0, 0.05) is 24.7 Å². The summed E-state index contributed by atoms with van der Waals surface area (Å²) in [5.41, 5.74) is 7.52. The van der Waals surface area contributed by atoms with Crippen LogP contribution >= 0.6 is 0 Å². The number of aryl methyl sites for hydroxylation is 1. The van der Waals surface area contributed by atoms with Crippen LogP contribution in [0.5, 0.6) is 5.88 Å². The van der Waals surface area contributed by atoms with Gasteiger partial charge in [-0.25, -0.2) is 14.8 Å². The van der Waals surface area contributed by atoms with Gasteiger partial charge < -0.3 is 24.3 Å². The van der Waals surface area contributed by atoms with Crippen LogP contribution in [0.25, 0.3) is 22.3 Å². The van der Waals surface area contributed by atoms with Crippen molar-refractivity contribution >= 4 is 17.0 Å². The minimum atomic E-state index is -0.979. The zero-order valence-corrected chi connectivity index (χ0v) is 23.9. The molecule has 44 heavy (non-hydrogen) atoms. The summed E-state index contributed by atoms with van der Waals surface area (Å²) in [6, 6.07) is 24.4. The Morgan fingerprint density at radius 1 is 1.02 bits per heavy atom. The average molecular weight is 587 g/mol. The molecule has 2 aliphatic heterocycles. The van der Waals surface area contributed by atoms with E-state index in [2.05, 4.69) is 22.8 Å². The summed E-state index contributed by atoms with van der Waals surface area (Å²) in [6.07, 6.45) is 1.74. The highest BCUT2D eigenvalue weighted by Gasteiger charge is 2.24. The fourth-order valence-corrected chi connectivity index (χ4v) is 6.00. The lowest BCUT2D eigenvalue weighted by atomic mass is 9.92. The number of carboxylic acid groups (broad SMARTS) is 1. The van der Waals surface area contributed by atoms with E-state index >= 15 is 0 Å². The third-order valence-electron chi connectivity index (χ3n) is 8.52. The van der Waals surface area contributed by atoms with Crippen molar-refractivity contribution in [1.29, 1.82) is 5.26 Å². The molecule has 2 atom stereocenters. The van der Waals surface area contributed by atoms with E-state index in [9.17, 15) is 20.3 Å². The van der Waals surface area contributed by atoms with Crippen molar-refractivity contribution in [2.24, 2.45) is 0 Å². The Morgan fingerprint density at radius 2 is 1.91 bits per heavy atom. The van der Waals surface area contributed by atoms with E-state index in [-0.39, 0.29) is 18.3 Å². The number of nitriles is 1. The molecule has 220 valence electrons. The number of rotatable bonds is 5. The van der Waals surface area contributed by atoms with Crippen LogP contribution in [0.15, 0.2) is 72.8 Å². The Hall–Kier alpha value is -5.04. The summed E-state index contributed by atoms with van der Waals surface area (Å²) >= 11 is 0. The van der Waals surface area contributed by atoms with Crippen LogP contribution in [-0.4, -0.2) is 43.4 Å². The Kier molecular flexibility index (Phi) is 7.30. The molecule has 1 saturated heterocycles. The first-order chi connectivity index (χ1) is 21.4. The minimum Gasteiger partial charge on any atom is -0.478 e. The number of aromatic nitrogens is 3. The number of imidazole rings is 1. The molecule has 1 unspecified atom stereocenters. The number of hydrogen-bond donors (Lipinski definition) is 2. The Bertz CT molecular complexity index is 1940. The van der Waals surface area contributed by atoms with E-state index < -0.39 is 12.1 Å². The molecule has 0 spiro atoms. The van der Waals surface area contributed by atoms with Crippen LogP contribution in [0.2, 0.25) is 0 Å². The molecule has 2 aliphatic rings. The number of hydrogen-bond acceptors (Lipinski definition) is 7. The van der Waals surface area contributed by atoms with Crippen LogP contribution in [0.1, 0.15) is 62.9 Å². The van der Waals surface area contributed by atoms with Gasteiger partial charge in [0.15, 0.2) is 0 Å². The molecule has 1 fully saturated rings. The minimum absolute atomic E-state index is 0.0602. The molecule has 0 aliphatic carbocycles. The second kappa shape index (κ2) is 11.6. The number of aliphatic hydroxyl groups excluding tert-OH is 1. The van der Waals surface area contributed by atoms with Gasteiger partial charge >= 0.3 is 5.97 Å². The topological polar surface area (TPSA) is 130 Å².